The maximum Gasteiger partial charge on any atom is 0.319 e. The van der Waals surface area contributed by atoms with Gasteiger partial charge < -0.3 is 4.74 Å². The van der Waals surface area contributed by atoms with Crippen LogP contribution in [0.5, 0.6) is 0 Å². The van der Waals surface area contributed by atoms with E-state index in [-0.39, 0.29) is 17.6 Å². The Bertz CT molecular complexity index is 255. The Morgan fingerprint density at radius 3 is 2.45 bits per heavy atom. The Hall–Kier alpha value is -0.320. The molecule has 0 N–H and O–H groups in total. The lowest BCUT2D eigenvalue weighted by molar-refractivity contribution is -0.142. The smallest absolute Gasteiger partial charge is 0.319 e. The van der Waals surface area contributed by atoms with Crippen molar-refractivity contribution in [3.8, 4) is 0 Å². The summed E-state index contributed by atoms with van der Waals surface area (Å²) in [5.41, 5.74) is 0. The second-order valence-corrected chi connectivity index (χ2v) is 6.45. The van der Waals surface area contributed by atoms with Crippen molar-refractivity contribution in [3.05, 3.63) is 0 Å². The van der Waals surface area contributed by atoms with E-state index in [0.717, 1.165) is 44.8 Å². The molecule has 120 valence electrons. The molecule has 0 amide bonds. The molecule has 0 aliphatic rings. The van der Waals surface area contributed by atoms with E-state index in [9.17, 15) is 13.6 Å². The summed E-state index contributed by atoms with van der Waals surface area (Å²) in [6.45, 7) is 5.28. The number of esters is 1. The zero-order valence-electron chi connectivity index (χ0n) is 12.9. The molecule has 0 heterocycles. The van der Waals surface area contributed by atoms with Crippen LogP contribution >= 0.6 is 11.8 Å². The highest BCUT2D eigenvalue weighted by Crippen LogP contribution is 2.23. The molecular weight excluding hydrogens is 282 g/mol. The van der Waals surface area contributed by atoms with Crippen molar-refractivity contribution in [1.29, 1.82) is 0 Å². The first-order valence-electron chi connectivity index (χ1n) is 7.56. The van der Waals surface area contributed by atoms with E-state index < -0.39 is 5.92 Å². The fourth-order valence-electron chi connectivity index (χ4n) is 1.83. The van der Waals surface area contributed by atoms with Crippen LogP contribution in [0.3, 0.4) is 0 Å². The maximum atomic E-state index is 12.6. The zero-order chi connectivity index (χ0) is 15.4. The minimum atomic E-state index is -2.55. The molecule has 20 heavy (non-hydrogen) atoms. The molecule has 0 radical (unpaired) electrons. The molecule has 0 spiro atoms. The van der Waals surface area contributed by atoms with Gasteiger partial charge in [0, 0.05) is 6.42 Å². The number of halogens is 2. The molecular formula is C15H28F2O2S. The van der Waals surface area contributed by atoms with Gasteiger partial charge in [0.05, 0.1) is 6.61 Å². The minimum Gasteiger partial charge on any atom is -0.465 e. The fraction of sp³-hybridized carbons (Fsp3) is 0.933. The Morgan fingerprint density at radius 2 is 1.90 bits per heavy atom. The van der Waals surface area contributed by atoms with Gasteiger partial charge in [-0.15, -0.1) is 11.8 Å². The van der Waals surface area contributed by atoms with Gasteiger partial charge in [-0.25, -0.2) is 8.78 Å². The van der Waals surface area contributed by atoms with Crippen LogP contribution in [0, 0.1) is 0 Å². The van der Waals surface area contributed by atoms with Gasteiger partial charge in [-0.05, 0) is 38.9 Å². The maximum absolute atomic E-state index is 12.6. The largest absolute Gasteiger partial charge is 0.465 e. The number of carbonyl (C=O) groups excluding carboxylic acids is 1. The number of rotatable bonds is 12. The molecule has 1 unspecified atom stereocenters. The van der Waals surface area contributed by atoms with Gasteiger partial charge in [-0.3, -0.25) is 4.79 Å². The summed E-state index contributed by atoms with van der Waals surface area (Å²) in [5.74, 6) is -1.85. The van der Waals surface area contributed by atoms with Crippen LogP contribution in [0.2, 0.25) is 0 Å². The molecule has 0 aromatic carbocycles. The third-order valence-electron chi connectivity index (χ3n) is 2.95. The van der Waals surface area contributed by atoms with Gasteiger partial charge in [-0.1, -0.05) is 26.2 Å². The highest BCUT2D eigenvalue weighted by molar-refractivity contribution is 8.00. The monoisotopic (exact) mass is 310 g/mol. The third kappa shape index (κ3) is 11.5. The van der Waals surface area contributed by atoms with Gasteiger partial charge in [0.15, 0.2) is 0 Å². The van der Waals surface area contributed by atoms with Crippen molar-refractivity contribution in [2.45, 2.75) is 76.9 Å². The summed E-state index contributed by atoms with van der Waals surface area (Å²) in [7, 11) is 0. The Kier molecular flexibility index (Phi) is 11.2. The molecule has 0 saturated carbocycles. The van der Waals surface area contributed by atoms with Crippen molar-refractivity contribution in [3.63, 3.8) is 0 Å². The van der Waals surface area contributed by atoms with E-state index in [1.54, 1.807) is 11.8 Å². The number of hydrogen-bond acceptors (Lipinski definition) is 3. The molecule has 0 bridgehead atoms. The predicted octanol–water partition coefficient (Wildman–Crippen LogP) is 5.06. The number of unbranched alkanes of at least 4 members (excludes halogenated alkanes) is 3. The second-order valence-electron chi connectivity index (χ2n) is 5.13. The van der Waals surface area contributed by atoms with Gasteiger partial charge >= 0.3 is 5.97 Å². The molecule has 5 heteroatoms. The fourth-order valence-corrected chi connectivity index (χ4v) is 3.03. The summed E-state index contributed by atoms with van der Waals surface area (Å²) in [6.07, 6.45) is 5.08. The van der Waals surface area contributed by atoms with Crippen molar-refractivity contribution in [1.82, 2.24) is 0 Å². The summed E-state index contributed by atoms with van der Waals surface area (Å²) >= 11 is 1.61. The second kappa shape index (κ2) is 11.4. The predicted molar refractivity (Wildman–Crippen MR) is 81.5 cm³/mol. The average molecular weight is 310 g/mol. The van der Waals surface area contributed by atoms with Crippen molar-refractivity contribution in [2.24, 2.45) is 0 Å². The summed E-state index contributed by atoms with van der Waals surface area (Å²) in [4.78, 5) is 11.8. The number of hydrogen-bond donors (Lipinski definition) is 0. The van der Waals surface area contributed by atoms with Crippen LogP contribution in [0.25, 0.3) is 0 Å². The number of alkyl halides is 2. The number of ether oxygens (including phenoxy) is 1. The minimum absolute atomic E-state index is 0.0468. The lowest BCUT2D eigenvalue weighted by Crippen LogP contribution is -2.20. The van der Waals surface area contributed by atoms with E-state index in [1.165, 1.54) is 0 Å². The molecule has 0 aliphatic carbocycles. The summed E-state index contributed by atoms with van der Waals surface area (Å²) in [6, 6.07) is 0. The van der Waals surface area contributed by atoms with E-state index >= 15 is 0 Å². The normalized spacial score (nSPS) is 13.2. The first-order valence-corrected chi connectivity index (χ1v) is 8.61. The molecule has 2 nitrogen and oxygen atoms in total. The van der Waals surface area contributed by atoms with Crippen LogP contribution < -0.4 is 0 Å². The Morgan fingerprint density at radius 1 is 1.20 bits per heavy atom. The first-order chi connectivity index (χ1) is 9.40. The lowest BCUT2D eigenvalue weighted by Gasteiger charge is -2.15. The Balaban J connectivity index is 3.81. The highest BCUT2D eigenvalue weighted by atomic mass is 32.2. The highest BCUT2D eigenvalue weighted by Gasteiger charge is 2.21. The van der Waals surface area contributed by atoms with E-state index in [4.69, 9.17) is 4.74 Å². The topological polar surface area (TPSA) is 26.3 Å². The van der Waals surface area contributed by atoms with Crippen LogP contribution in [0.4, 0.5) is 8.78 Å². The van der Waals surface area contributed by atoms with Gasteiger partial charge in [0.2, 0.25) is 5.92 Å². The van der Waals surface area contributed by atoms with E-state index in [2.05, 4.69) is 6.92 Å². The van der Waals surface area contributed by atoms with Crippen molar-refractivity contribution >= 4 is 17.7 Å². The van der Waals surface area contributed by atoms with Crippen molar-refractivity contribution in [2.75, 3.05) is 12.4 Å². The van der Waals surface area contributed by atoms with Crippen LogP contribution in [0.1, 0.15) is 65.7 Å². The van der Waals surface area contributed by atoms with Gasteiger partial charge in [0.1, 0.15) is 5.25 Å². The Labute approximate surface area is 126 Å². The number of thioether (sulfide) groups is 1. The molecule has 0 aromatic heterocycles. The van der Waals surface area contributed by atoms with Crippen LogP contribution in [-0.4, -0.2) is 29.5 Å². The first kappa shape index (κ1) is 19.7. The van der Waals surface area contributed by atoms with E-state index in [0.29, 0.717) is 13.0 Å². The molecule has 0 aliphatic heterocycles. The SMILES string of the molecule is CCCCC(SCCCCCC(C)(F)F)C(=O)OCC. The van der Waals surface area contributed by atoms with E-state index in [1.807, 2.05) is 6.92 Å². The third-order valence-corrected chi connectivity index (χ3v) is 4.30. The van der Waals surface area contributed by atoms with Gasteiger partial charge in [0.25, 0.3) is 0 Å². The summed E-state index contributed by atoms with van der Waals surface area (Å²) < 4.78 is 30.3. The number of carbonyl (C=O) groups is 1. The van der Waals surface area contributed by atoms with Gasteiger partial charge in [-0.2, -0.15) is 0 Å². The molecule has 0 saturated heterocycles. The van der Waals surface area contributed by atoms with Crippen LogP contribution in [-0.2, 0) is 9.53 Å². The molecule has 0 aromatic rings. The molecule has 0 fully saturated rings. The lowest BCUT2D eigenvalue weighted by atomic mass is 10.1. The molecule has 1 atom stereocenters. The summed E-state index contributed by atoms with van der Waals surface area (Å²) in [5, 5.41) is -0.0949. The molecule has 0 rings (SSSR count). The van der Waals surface area contributed by atoms with Crippen molar-refractivity contribution < 1.29 is 18.3 Å². The zero-order valence-corrected chi connectivity index (χ0v) is 13.7. The average Bonchev–Trinajstić information content (AvgIpc) is 2.36. The van der Waals surface area contributed by atoms with Crippen LogP contribution in [0.15, 0.2) is 0 Å². The quantitative estimate of drug-likeness (QED) is 0.372. The standard InChI is InChI=1S/C15H28F2O2S/c1-4-6-10-13(14(18)19-5-2)20-12-9-7-8-11-15(3,16)17/h13H,4-12H2,1-3H3.